The van der Waals surface area contributed by atoms with E-state index in [1.54, 1.807) is 16.8 Å². The topological polar surface area (TPSA) is 67.2 Å². The van der Waals surface area contributed by atoms with Crippen molar-refractivity contribution in [1.82, 2.24) is 19.4 Å². The molecule has 1 N–H and O–H groups in total. The SMILES string of the molecule is CC(NCc1cccc(-c2cnn(C)c2)c1)c1ccc(S(=O)(=O)N(C)C)cc1. The lowest BCUT2D eigenvalue weighted by Crippen LogP contribution is -2.22. The number of hydrogen-bond donors (Lipinski definition) is 1. The number of aryl methyl sites for hydroxylation is 1. The Labute approximate surface area is 166 Å². The van der Waals surface area contributed by atoms with Crippen LogP contribution < -0.4 is 5.32 Å². The molecule has 0 fully saturated rings. The van der Waals surface area contributed by atoms with Crippen LogP contribution in [-0.2, 0) is 23.6 Å². The smallest absolute Gasteiger partial charge is 0.242 e. The van der Waals surface area contributed by atoms with Gasteiger partial charge in [0.2, 0.25) is 10.0 Å². The monoisotopic (exact) mass is 398 g/mol. The summed E-state index contributed by atoms with van der Waals surface area (Å²) in [5, 5.41) is 7.73. The standard InChI is InChI=1S/C21H26N4O2S/c1-16(18-8-10-21(11-9-18)28(26,27)24(2)3)22-13-17-6-5-7-19(12-17)20-14-23-25(4)15-20/h5-12,14-16,22H,13H2,1-4H3. The summed E-state index contributed by atoms with van der Waals surface area (Å²) in [7, 11) is 1.58. The lowest BCUT2D eigenvalue weighted by molar-refractivity contribution is 0.520. The van der Waals surface area contributed by atoms with E-state index in [2.05, 4.69) is 35.5 Å². The van der Waals surface area contributed by atoms with Crippen LogP contribution in [0.1, 0.15) is 24.1 Å². The van der Waals surface area contributed by atoms with Crippen molar-refractivity contribution in [3.05, 3.63) is 72.1 Å². The van der Waals surface area contributed by atoms with Gasteiger partial charge in [-0.15, -0.1) is 0 Å². The van der Waals surface area contributed by atoms with E-state index in [0.29, 0.717) is 11.4 Å². The highest BCUT2D eigenvalue weighted by atomic mass is 32.2. The predicted molar refractivity (Wildman–Crippen MR) is 111 cm³/mol. The lowest BCUT2D eigenvalue weighted by Gasteiger charge is -2.16. The molecule has 1 atom stereocenters. The van der Waals surface area contributed by atoms with Gasteiger partial charge in [-0.25, -0.2) is 12.7 Å². The fourth-order valence-corrected chi connectivity index (χ4v) is 3.86. The van der Waals surface area contributed by atoms with E-state index in [0.717, 1.165) is 16.7 Å². The molecule has 1 unspecified atom stereocenters. The van der Waals surface area contributed by atoms with Crippen molar-refractivity contribution in [3.8, 4) is 11.1 Å². The maximum atomic E-state index is 12.2. The quantitative estimate of drug-likeness (QED) is 0.664. The van der Waals surface area contributed by atoms with Gasteiger partial charge in [0.25, 0.3) is 0 Å². The van der Waals surface area contributed by atoms with Crippen LogP contribution in [0.4, 0.5) is 0 Å². The number of nitrogens with one attached hydrogen (secondary N) is 1. The summed E-state index contributed by atoms with van der Waals surface area (Å²) in [5.74, 6) is 0. The molecule has 0 spiro atoms. The van der Waals surface area contributed by atoms with Gasteiger partial charge in [0, 0.05) is 45.5 Å². The first-order valence-electron chi connectivity index (χ1n) is 9.11. The Morgan fingerprint density at radius 3 is 2.43 bits per heavy atom. The van der Waals surface area contributed by atoms with Gasteiger partial charge in [0.05, 0.1) is 11.1 Å². The highest BCUT2D eigenvalue weighted by molar-refractivity contribution is 7.89. The molecule has 0 saturated carbocycles. The third-order valence-corrected chi connectivity index (χ3v) is 6.57. The Morgan fingerprint density at radius 1 is 1.11 bits per heavy atom. The summed E-state index contributed by atoms with van der Waals surface area (Å²) in [6, 6.07) is 15.5. The second-order valence-electron chi connectivity index (χ2n) is 7.06. The second kappa shape index (κ2) is 8.26. The molecule has 3 rings (SSSR count). The summed E-state index contributed by atoms with van der Waals surface area (Å²) in [4.78, 5) is 0.303. The van der Waals surface area contributed by atoms with E-state index in [9.17, 15) is 8.42 Å². The molecule has 6 nitrogen and oxygen atoms in total. The predicted octanol–water partition coefficient (Wildman–Crippen LogP) is 3.19. The van der Waals surface area contributed by atoms with E-state index in [4.69, 9.17) is 0 Å². The van der Waals surface area contributed by atoms with Crippen LogP contribution in [-0.4, -0.2) is 36.6 Å². The summed E-state index contributed by atoms with van der Waals surface area (Å²) >= 11 is 0. The molecule has 0 aliphatic carbocycles. The zero-order valence-corrected chi connectivity index (χ0v) is 17.4. The largest absolute Gasteiger partial charge is 0.306 e. The first-order chi connectivity index (χ1) is 13.3. The van der Waals surface area contributed by atoms with Crippen molar-refractivity contribution in [2.24, 2.45) is 7.05 Å². The zero-order valence-electron chi connectivity index (χ0n) is 16.6. The Balaban J connectivity index is 1.67. The number of benzene rings is 2. The Morgan fingerprint density at radius 2 is 1.82 bits per heavy atom. The number of rotatable bonds is 7. The molecule has 0 radical (unpaired) electrons. The molecule has 1 heterocycles. The van der Waals surface area contributed by atoms with E-state index in [-0.39, 0.29) is 6.04 Å². The van der Waals surface area contributed by atoms with Crippen molar-refractivity contribution < 1.29 is 8.42 Å². The van der Waals surface area contributed by atoms with Crippen molar-refractivity contribution >= 4 is 10.0 Å². The Hall–Kier alpha value is -2.48. The van der Waals surface area contributed by atoms with Crippen molar-refractivity contribution in [2.45, 2.75) is 24.4 Å². The number of sulfonamides is 1. The van der Waals surface area contributed by atoms with Crippen LogP contribution in [0.3, 0.4) is 0 Å². The number of nitrogens with zero attached hydrogens (tertiary/aromatic N) is 3. The second-order valence-corrected chi connectivity index (χ2v) is 9.21. The highest BCUT2D eigenvalue weighted by Crippen LogP contribution is 2.21. The van der Waals surface area contributed by atoms with Gasteiger partial charge in [-0.1, -0.05) is 30.3 Å². The van der Waals surface area contributed by atoms with E-state index in [1.807, 2.05) is 37.6 Å². The first kappa shape index (κ1) is 20.3. The van der Waals surface area contributed by atoms with Gasteiger partial charge in [-0.2, -0.15) is 5.10 Å². The summed E-state index contributed by atoms with van der Waals surface area (Å²) in [5.41, 5.74) is 4.45. The normalized spacial score (nSPS) is 13.0. The van der Waals surface area contributed by atoms with Gasteiger partial charge in [-0.05, 0) is 41.8 Å². The van der Waals surface area contributed by atoms with Crippen molar-refractivity contribution in [3.63, 3.8) is 0 Å². The maximum absolute atomic E-state index is 12.2. The molecule has 3 aromatic rings. The van der Waals surface area contributed by atoms with E-state index >= 15 is 0 Å². The lowest BCUT2D eigenvalue weighted by atomic mass is 10.1. The third-order valence-electron chi connectivity index (χ3n) is 4.74. The minimum atomic E-state index is -3.40. The Kier molecular flexibility index (Phi) is 5.98. The van der Waals surface area contributed by atoms with Gasteiger partial charge < -0.3 is 5.32 Å². The molecule has 0 aliphatic heterocycles. The fraction of sp³-hybridized carbons (Fsp3) is 0.286. The summed E-state index contributed by atoms with van der Waals surface area (Å²) in [6.07, 6.45) is 3.86. The average Bonchev–Trinajstić information content (AvgIpc) is 3.12. The molecule has 7 heteroatoms. The Bertz CT molecular complexity index is 1040. The van der Waals surface area contributed by atoms with Crippen LogP contribution in [0, 0.1) is 0 Å². The zero-order chi connectivity index (χ0) is 20.3. The molecule has 0 bridgehead atoms. The molecule has 2 aromatic carbocycles. The van der Waals surface area contributed by atoms with Crippen molar-refractivity contribution in [1.29, 1.82) is 0 Å². The van der Waals surface area contributed by atoms with Crippen LogP contribution in [0.25, 0.3) is 11.1 Å². The van der Waals surface area contributed by atoms with Crippen LogP contribution >= 0.6 is 0 Å². The average molecular weight is 399 g/mol. The summed E-state index contributed by atoms with van der Waals surface area (Å²) in [6.45, 7) is 2.79. The highest BCUT2D eigenvalue weighted by Gasteiger charge is 2.17. The molecule has 1 aromatic heterocycles. The van der Waals surface area contributed by atoms with E-state index in [1.165, 1.54) is 24.0 Å². The minimum absolute atomic E-state index is 0.0955. The molecule has 148 valence electrons. The summed E-state index contributed by atoms with van der Waals surface area (Å²) < 4.78 is 27.4. The molecule has 0 aliphatic rings. The van der Waals surface area contributed by atoms with Crippen molar-refractivity contribution in [2.75, 3.05) is 14.1 Å². The van der Waals surface area contributed by atoms with E-state index < -0.39 is 10.0 Å². The van der Waals surface area contributed by atoms with Crippen LogP contribution in [0.15, 0.2) is 65.8 Å². The van der Waals surface area contributed by atoms with Crippen LogP contribution in [0.2, 0.25) is 0 Å². The maximum Gasteiger partial charge on any atom is 0.242 e. The fourth-order valence-electron chi connectivity index (χ4n) is 2.96. The van der Waals surface area contributed by atoms with Crippen LogP contribution in [0.5, 0.6) is 0 Å². The molecule has 28 heavy (non-hydrogen) atoms. The first-order valence-corrected chi connectivity index (χ1v) is 10.6. The molecule has 0 saturated heterocycles. The van der Waals surface area contributed by atoms with Gasteiger partial charge >= 0.3 is 0 Å². The third kappa shape index (κ3) is 4.49. The minimum Gasteiger partial charge on any atom is -0.306 e. The van der Waals surface area contributed by atoms with Gasteiger partial charge in [0.15, 0.2) is 0 Å². The van der Waals surface area contributed by atoms with Gasteiger partial charge in [0.1, 0.15) is 0 Å². The molecular formula is C21H26N4O2S. The number of aromatic nitrogens is 2. The molecule has 0 amide bonds. The van der Waals surface area contributed by atoms with Gasteiger partial charge in [-0.3, -0.25) is 4.68 Å². The number of hydrogen-bond acceptors (Lipinski definition) is 4. The molecular weight excluding hydrogens is 372 g/mol.